The highest BCUT2D eigenvalue weighted by Gasteiger charge is 2.09. The Morgan fingerprint density at radius 1 is 1.41 bits per heavy atom. The van der Waals surface area contributed by atoms with Crippen molar-refractivity contribution in [1.82, 2.24) is 9.88 Å². The zero-order chi connectivity index (χ0) is 12.8. The molecule has 1 aromatic rings. The molecular weight excluding hydrogens is 236 g/mol. The lowest BCUT2D eigenvalue weighted by molar-refractivity contribution is -0.136. The number of aliphatic carboxylic acids is 1. The lowest BCUT2D eigenvalue weighted by Crippen LogP contribution is -2.13. The molecule has 0 spiro atoms. The predicted molar refractivity (Wildman–Crippen MR) is 69.7 cm³/mol. The molecule has 0 unspecified atom stereocenters. The van der Waals surface area contributed by atoms with Crippen LogP contribution in [-0.4, -0.2) is 41.6 Å². The molecule has 0 aromatic carbocycles. The Bertz CT molecular complexity index is 375. The number of hydrogen-bond donors (Lipinski definition) is 1. The minimum atomic E-state index is -0.744. The van der Waals surface area contributed by atoms with Gasteiger partial charge in [-0.3, -0.25) is 4.79 Å². The molecule has 96 valence electrons. The van der Waals surface area contributed by atoms with Crippen LogP contribution >= 0.6 is 11.3 Å². The van der Waals surface area contributed by atoms with Gasteiger partial charge in [0.1, 0.15) is 0 Å². The number of aryl methyl sites for hydroxylation is 3. The number of carboxylic acid groups (broad SMARTS) is 1. The average molecular weight is 256 g/mol. The molecule has 1 aromatic heterocycles. The summed E-state index contributed by atoms with van der Waals surface area (Å²) >= 11 is 1.66. The summed E-state index contributed by atoms with van der Waals surface area (Å²) in [6.07, 6.45) is 2.88. The van der Waals surface area contributed by atoms with Crippen LogP contribution in [0.5, 0.6) is 0 Å². The summed E-state index contributed by atoms with van der Waals surface area (Å²) < 4.78 is 0. The minimum absolute atomic E-state index is 0.195. The van der Waals surface area contributed by atoms with Gasteiger partial charge in [0.05, 0.1) is 17.1 Å². The molecular formula is C12H20N2O2S. The average Bonchev–Trinajstić information content (AvgIpc) is 2.55. The molecule has 0 saturated carbocycles. The van der Waals surface area contributed by atoms with Gasteiger partial charge in [-0.1, -0.05) is 0 Å². The third-order valence-corrected chi connectivity index (χ3v) is 3.78. The van der Waals surface area contributed by atoms with Crippen molar-refractivity contribution < 1.29 is 9.90 Å². The molecule has 0 radical (unpaired) electrons. The van der Waals surface area contributed by atoms with Gasteiger partial charge < -0.3 is 10.0 Å². The number of carboxylic acids is 1. The van der Waals surface area contributed by atoms with Crippen LogP contribution < -0.4 is 0 Å². The largest absolute Gasteiger partial charge is 0.481 e. The standard InChI is InChI=1S/C12H20N2O2S/c1-9-10(6-7-12(15)16)17-11(13-9)5-4-8-14(2)3/h4-8H2,1-3H3,(H,15,16). The van der Waals surface area contributed by atoms with Crippen molar-refractivity contribution in [2.24, 2.45) is 0 Å². The Morgan fingerprint density at radius 3 is 2.71 bits per heavy atom. The molecule has 1 N–H and O–H groups in total. The second kappa shape index (κ2) is 6.71. The fourth-order valence-corrected chi connectivity index (χ4v) is 2.70. The topological polar surface area (TPSA) is 53.4 Å². The van der Waals surface area contributed by atoms with Crippen molar-refractivity contribution in [3.8, 4) is 0 Å². The van der Waals surface area contributed by atoms with Crippen molar-refractivity contribution in [1.29, 1.82) is 0 Å². The molecule has 0 bridgehead atoms. The Morgan fingerprint density at radius 2 is 2.12 bits per heavy atom. The molecule has 1 heterocycles. The van der Waals surface area contributed by atoms with Gasteiger partial charge in [-0.15, -0.1) is 11.3 Å². The fraction of sp³-hybridized carbons (Fsp3) is 0.667. The molecule has 0 fully saturated rings. The van der Waals surface area contributed by atoms with Crippen molar-refractivity contribution in [2.45, 2.75) is 32.6 Å². The molecule has 0 amide bonds. The van der Waals surface area contributed by atoms with Crippen LogP contribution in [0.25, 0.3) is 0 Å². The number of thiazole rings is 1. The quantitative estimate of drug-likeness (QED) is 0.810. The zero-order valence-corrected chi connectivity index (χ0v) is 11.5. The Labute approximate surface area is 106 Å². The number of aromatic nitrogens is 1. The second-order valence-corrected chi connectivity index (χ2v) is 5.58. The van der Waals surface area contributed by atoms with Gasteiger partial charge in [0, 0.05) is 11.3 Å². The van der Waals surface area contributed by atoms with Crippen LogP contribution in [0, 0.1) is 6.92 Å². The van der Waals surface area contributed by atoms with Crippen molar-refractivity contribution in [3.05, 3.63) is 15.6 Å². The summed E-state index contributed by atoms with van der Waals surface area (Å²) in [7, 11) is 4.12. The van der Waals surface area contributed by atoms with Gasteiger partial charge >= 0.3 is 5.97 Å². The van der Waals surface area contributed by atoms with E-state index in [0.29, 0.717) is 6.42 Å². The van der Waals surface area contributed by atoms with Crippen LogP contribution in [-0.2, 0) is 17.6 Å². The van der Waals surface area contributed by atoms with E-state index in [2.05, 4.69) is 24.0 Å². The Hall–Kier alpha value is -0.940. The van der Waals surface area contributed by atoms with Crippen molar-refractivity contribution >= 4 is 17.3 Å². The van der Waals surface area contributed by atoms with Crippen LogP contribution in [0.4, 0.5) is 0 Å². The monoisotopic (exact) mass is 256 g/mol. The first-order chi connectivity index (χ1) is 7.99. The molecule has 0 atom stereocenters. The van der Waals surface area contributed by atoms with Gasteiger partial charge in [0.2, 0.25) is 0 Å². The molecule has 0 saturated heterocycles. The SMILES string of the molecule is Cc1nc(CCCN(C)C)sc1CCC(=O)O. The van der Waals surface area contributed by atoms with E-state index in [1.165, 1.54) is 0 Å². The van der Waals surface area contributed by atoms with Crippen LogP contribution in [0.2, 0.25) is 0 Å². The molecule has 0 aliphatic heterocycles. The summed E-state index contributed by atoms with van der Waals surface area (Å²) in [5.41, 5.74) is 0.996. The van der Waals surface area contributed by atoms with Gasteiger partial charge in [-0.25, -0.2) is 4.98 Å². The van der Waals surface area contributed by atoms with Gasteiger partial charge in [0.25, 0.3) is 0 Å². The first-order valence-electron chi connectivity index (χ1n) is 5.80. The highest BCUT2D eigenvalue weighted by molar-refractivity contribution is 7.11. The summed E-state index contributed by atoms with van der Waals surface area (Å²) in [5.74, 6) is -0.744. The van der Waals surface area contributed by atoms with Crippen LogP contribution in [0.15, 0.2) is 0 Å². The Balaban J connectivity index is 2.46. The molecule has 0 aliphatic carbocycles. The molecule has 17 heavy (non-hydrogen) atoms. The molecule has 5 heteroatoms. The first-order valence-corrected chi connectivity index (χ1v) is 6.62. The van der Waals surface area contributed by atoms with E-state index in [0.717, 1.165) is 35.0 Å². The van der Waals surface area contributed by atoms with E-state index < -0.39 is 5.97 Å². The summed E-state index contributed by atoms with van der Waals surface area (Å²) in [6.45, 7) is 3.02. The normalized spacial score (nSPS) is 11.1. The molecule has 1 rings (SSSR count). The Kier molecular flexibility index (Phi) is 5.58. The first kappa shape index (κ1) is 14.1. The lowest BCUT2D eigenvalue weighted by Gasteiger charge is -2.07. The van der Waals surface area contributed by atoms with Gasteiger partial charge in [-0.05, 0) is 40.4 Å². The number of carbonyl (C=O) groups is 1. The van der Waals surface area contributed by atoms with Gasteiger partial charge in [0.15, 0.2) is 0 Å². The van der Waals surface area contributed by atoms with Crippen molar-refractivity contribution in [2.75, 3.05) is 20.6 Å². The van der Waals surface area contributed by atoms with E-state index in [1.807, 2.05) is 6.92 Å². The van der Waals surface area contributed by atoms with Gasteiger partial charge in [-0.2, -0.15) is 0 Å². The van der Waals surface area contributed by atoms with Crippen LogP contribution in [0.3, 0.4) is 0 Å². The van der Waals surface area contributed by atoms with E-state index in [-0.39, 0.29) is 6.42 Å². The van der Waals surface area contributed by atoms with E-state index in [9.17, 15) is 4.79 Å². The van der Waals surface area contributed by atoms with E-state index >= 15 is 0 Å². The van der Waals surface area contributed by atoms with E-state index in [1.54, 1.807) is 11.3 Å². The number of nitrogens with zero attached hydrogens (tertiary/aromatic N) is 2. The van der Waals surface area contributed by atoms with Crippen molar-refractivity contribution in [3.63, 3.8) is 0 Å². The summed E-state index contributed by atoms with van der Waals surface area (Å²) in [6, 6.07) is 0. The fourth-order valence-electron chi connectivity index (χ4n) is 1.59. The lowest BCUT2D eigenvalue weighted by atomic mass is 10.2. The third kappa shape index (κ3) is 5.28. The summed E-state index contributed by atoms with van der Waals surface area (Å²) in [4.78, 5) is 18.3. The smallest absolute Gasteiger partial charge is 0.303 e. The predicted octanol–water partition coefficient (Wildman–Crippen LogP) is 1.96. The highest BCUT2D eigenvalue weighted by Crippen LogP contribution is 2.20. The highest BCUT2D eigenvalue weighted by atomic mass is 32.1. The minimum Gasteiger partial charge on any atom is -0.481 e. The van der Waals surface area contributed by atoms with E-state index in [4.69, 9.17) is 5.11 Å². The second-order valence-electron chi connectivity index (χ2n) is 4.42. The summed E-state index contributed by atoms with van der Waals surface area (Å²) in [5, 5.41) is 9.78. The van der Waals surface area contributed by atoms with Crippen LogP contribution in [0.1, 0.15) is 28.4 Å². The molecule has 4 nitrogen and oxygen atoms in total. The third-order valence-electron chi connectivity index (χ3n) is 2.50. The maximum atomic E-state index is 10.5. The molecule has 0 aliphatic rings. The number of rotatable bonds is 7. The zero-order valence-electron chi connectivity index (χ0n) is 10.7. The maximum absolute atomic E-state index is 10.5. The number of hydrogen-bond acceptors (Lipinski definition) is 4. The maximum Gasteiger partial charge on any atom is 0.303 e.